The Balaban J connectivity index is 2.20. The fraction of sp³-hybridized carbons (Fsp3) is 0.455. The first-order chi connectivity index (χ1) is 12.1. The van der Waals surface area contributed by atoms with E-state index in [4.69, 9.17) is 9.47 Å². The molecule has 1 aromatic carbocycles. The molecule has 0 saturated heterocycles. The Kier molecular flexibility index (Phi) is 5.46. The van der Waals surface area contributed by atoms with E-state index in [2.05, 4.69) is 8.37 Å². The zero-order chi connectivity index (χ0) is 20.7. The molecule has 0 radical (unpaired) electrons. The van der Waals surface area contributed by atoms with Crippen LogP contribution in [0.15, 0.2) is 18.2 Å². The highest BCUT2D eigenvalue weighted by molar-refractivity contribution is 7.88. The van der Waals surface area contributed by atoms with E-state index in [1.807, 2.05) is 0 Å². The molecule has 0 aromatic heterocycles. The molecule has 8 nitrogen and oxygen atoms in total. The summed E-state index contributed by atoms with van der Waals surface area (Å²) in [6, 6.07) is 2.97. The van der Waals surface area contributed by atoms with E-state index in [0.29, 0.717) is 0 Å². The number of benzene rings is 1. The third-order valence-electron chi connectivity index (χ3n) is 2.83. The number of fused-ring (bicyclic) bond motifs is 1. The molecule has 1 aromatic rings. The first kappa shape index (κ1) is 21.4. The Morgan fingerprint density at radius 1 is 1.00 bits per heavy atom. The van der Waals surface area contributed by atoms with Crippen LogP contribution >= 0.6 is 0 Å². The summed E-state index contributed by atoms with van der Waals surface area (Å²) in [5, 5.41) is 0. The number of halogens is 6. The van der Waals surface area contributed by atoms with Crippen molar-refractivity contribution >= 4 is 20.2 Å². The largest absolute Gasteiger partial charge is 0.534 e. The Morgan fingerprint density at radius 2 is 1.59 bits per heavy atom. The van der Waals surface area contributed by atoms with Crippen molar-refractivity contribution < 1.29 is 61.0 Å². The van der Waals surface area contributed by atoms with Gasteiger partial charge in [-0.2, -0.15) is 43.2 Å². The van der Waals surface area contributed by atoms with Gasteiger partial charge in [0, 0.05) is 0 Å². The normalized spacial score (nSPS) is 18.2. The maximum Gasteiger partial charge on any atom is 0.534 e. The molecule has 0 spiro atoms. The minimum absolute atomic E-state index is 0.278. The van der Waals surface area contributed by atoms with Crippen LogP contribution in [0.1, 0.15) is 0 Å². The lowest BCUT2D eigenvalue weighted by molar-refractivity contribution is -0.0573. The van der Waals surface area contributed by atoms with Gasteiger partial charge in [-0.1, -0.05) is 6.07 Å². The van der Waals surface area contributed by atoms with Crippen LogP contribution in [0.25, 0.3) is 0 Å². The topological polar surface area (TPSA) is 105 Å². The average molecular weight is 446 g/mol. The maximum absolute atomic E-state index is 12.4. The summed E-state index contributed by atoms with van der Waals surface area (Å²) in [5.74, 6) is -1.93. The summed E-state index contributed by atoms with van der Waals surface area (Å²) in [5.41, 5.74) is -11.5. The van der Waals surface area contributed by atoms with Crippen LogP contribution in [-0.2, 0) is 24.4 Å². The van der Waals surface area contributed by atoms with Crippen molar-refractivity contribution in [3.63, 3.8) is 0 Å². The quantitative estimate of drug-likeness (QED) is 0.384. The fourth-order valence-electron chi connectivity index (χ4n) is 1.65. The molecular formula is C11H8F6O8S2. The summed E-state index contributed by atoms with van der Waals surface area (Å²) in [6.45, 7) is -1.74. The highest BCUT2D eigenvalue weighted by atomic mass is 32.2. The number of hydrogen-bond acceptors (Lipinski definition) is 8. The van der Waals surface area contributed by atoms with Gasteiger partial charge in [0.25, 0.3) is 0 Å². The fourth-order valence-corrected chi connectivity index (χ4v) is 2.58. The number of alkyl halides is 6. The molecule has 0 aliphatic carbocycles. The van der Waals surface area contributed by atoms with Gasteiger partial charge in [0.15, 0.2) is 17.6 Å². The van der Waals surface area contributed by atoms with Crippen molar-refractivity contribution in [2.75, 3.05) is 13.2 Å². The molecule has 0 amide bonds. The van der Waals surface area contributed by atoms with Crippen LogP contribution in [-0.4, -0.2) is 47.2 Å². The number of rotatable bonds is 5. The second-order valence-electron chi connectivity index (χ2n) is 4.80. The van der Waals surface area contributed by atoms with Crippen molar-refractivity contribution in [3.05, 3.63) is 18.2 Å². The van der Waals surface area contributed by atoms with Crippen LogP contribution < -0.4 is 13.7 Å². The highest BCUT2D eigenvalue weighted by Gasteiger charge is 2.50. The van der Waals surface area contributed by atoms with E-state index < -0.39 is 62.1 Å². The van der Waals surface area contributed by atoms with Crippen LogP contribution in [0.3, 0.4) is 0 Å². The van der Waals surface area contributed by atoms with E-state index in [0.717, 1.165) is 18.2 Å². The molecule has 1 heterocycles. The van der Waals surface area contributed by atoms with E-state index in [9.17, 15) is 43.2 Å². The van der Waals surface area contributed by atoms with Crippen molar-refractivity contribution in [1.82, 2.24) is 0 Å². The Hall–Kier alpha value is -1.94. The van der Waals surface area contributed by atoms with Gasteiger partial charge in [0.2, 0.25) is 5.75 Å². The Labute approximate surface area is 147 Å². The van der Waals surface area contributed by atoms with E-state index >= 15 is 0 Å². The monoisotopic (exact) mass is 446 g/mol. The molecule has 27 heavy (non-hydrogen) atoms. The lowest BCUT2D eigenvalue weighted by Gasteiger charge is -2.27. The van der Waals surface area contributed by atoms with Crippen LogP contribution in [0, 0.1) is 0 Å². The lowest BCUT2D eigenvalue weighted by atomic mass is 10.2. The third kappa shape index (κ3) is 4.67. The summed E-state index contributed by atoms with van der Waals surface area (Å²) < 4.78 is 135. The van der Waals surface area contributed by atoms with Gasteiger partial charge in [-0.3, -0.25) is 4.18 Å². The molecule has 16 heteroatoms. The molecule has 0 fully saturated rings. The Morgan fingerprint density at radius 3 is 2.15 bits per heavy atom. The molecule has 0 bridgehead atoms. The second kappa shape index (κ2) is 6.90. The molecule has 1 aliphatic rings. The summed E-state index contributed by atoms with van der Waals surface area (Å²) in [6.07, 6.45) is -1.52. The standard InChI is InChI=1S/C11H8F6O8S2/c12-10(13,14)26(18,19)23-5-6-4-22-7-2-1-3-8(9(7)24-6)25-27(20,21)11(15,16)17/h1-3,6H,4-5H2. The van der Waals surface area contributed by atoms with Gasteiger partial charge < -0.3 is 13.7 Å². The average Bonchev–Trinajstić information content (AvgIpc) is 2.51. The lowest BCUT2D eigenvalue weighted by Crippen LogP contribution is -2.37. The third-order valence-corrected chi connectivity index (χ3v) is 4.81. The maximum atomic E-state index is 12.4. The predicted molar refractivity (Wildman–Crippen MR) is 72.9 cm³/mol. The highest BCUT2D eigenvalue weighted by Crippen LogP contribution is 2.42. The summed E-state index contributed by atoms with van der Waals surface area (Å²) in [7, 11) is -12.0. The molecule has 1 aliphatic heterocycles. The van der Waals surface area contributed by atoms with Crippen molar-refractivity contribution in [3.8, 4) is 17.2 Å². The first-order valence-electron chi connectivity index (χ1n) is 6.53. The van der Waals surface area contributed by atoms with Crippen molar-refractivity contribution in [1.29, 1.82) is 0 Å². The van der Waals surface area contributed by atoms with E-state index in [1.165, 1.54) is 0 Å². The van der Waals surface area contributed by atoms with Crippen molar-refractivity contribution in [2.24, 2.45) is 0 Å². The number of ether oxygens (including phenoxy) is 2. The zero-order valence-corrected chi connectivity index (χ0v) is 14.2. The molecule has 1 unspecified atom stereocenters. The van der Waals surface area contributed by atoms with Crippen molar-refractivity contribution in [2.45, 2.75) is 17.1 Å². The summed E-state index contributed by atoms with van der Waals surface area (Å²) >= 11 is 0. The molecule has 0 saturated carbocycles. The Bertz CT molecular complexity index is 906. The number of hydrogen-bond donors (Lipinski definition) is 0. The minimum Gasteiger partial charge on any atom is -0.486 e. The first-order valence-corrected chi connectivity index (χ1v) is 9.34. The second-order valence-corrected chi connectivity index (χ2v) is 7.95. The van der Waals surface area contributed by atoms with Crippen LogP contribution in [0.2, 0.25) is 0 Å². The summed E-state index contributed by atoms with van der Waals surface area (Å²) in [4.78, 5) is 0. The van der Waals surface area contributed by atoms with Gasteiger partial charge in [-0.25, -0.2) is 0 Å². The van der Waals surface area contributed by atoms with Crippen LogP contribution in [0.4, 0.5) is 26.3 Å². The van der Waals surface area contributed by atoms with E-state index in [-0.39, 0.29) is 5.75 Å². The van der Waals surface area contributed by atoms with Crippen LogP contribution in [0.5, 0.6) is 17.2 Å². The zero-order valence-electron chi connectivity index (χ0n) is 12.6. The molecule has 1 atom stereocenters. The van der Waals surface area contributed by atoms with Gasteiger partial charge in [-0.15, -0.1) is 0 Å². The molecule has 2 rings (SSSR count). The smallest absolute Gasteiger partial charge is 0.486 e. The van der Waals surface area contributed by atoms with Gasteiger partial charge in [0.05, 0.1) is 0 Å². The van der Waals surface area contributed by atoms with Gasteiger partial charge in [0.1, 0.15) is 13.2 Å². The van der Waals surface area contributed by atoms with Gasteiger partial charge in [-0.05, 0) is 12.1 Å². The van der Waals surface area contributed by atoms with Gasteiger partial charge >= 0.3 is 31.3 Å². The molecular weight excluding hydrogens is 438 g/mol. The molecule has 154 valence electrons. The number of para-hydroxylation sites is 1. The van der Waals surface area contributed by atoms with E-state index in [1.54, 1.807) is 0 Å². The minimum atomic E-state index is -6.07. The SMILES string of the molecule is O=S(=O)(OCC1COc2cccc(OS(=O)(=O)C(F)(F)F)c2O1)C(F)(F)F. The predicted octanol–water partition coefficient (Wildman–Crippen LogP) is 1.92. The molecule has 0 N–H and O–H groups in total.